The van der Waals surface area contributed by atoms with Crippen molar-refractivity contribution in [1.29, 1.82) is 0 Å². The van der Waals surface area contributed by atoms with Gasteiger partial charge in [0, 0.05) is 37.9 Å². The summed E-state index contributed by atoms with van der Waals surface area (Å²) in [6.07, 6.45) is 5.39. The Kier molecular flexibility index (Phi) is 6.47. The van der Waals surface area contributed by atoms with Gasteiger partial charge in [-0.25, -0.2) is 14.8 Å². The van der Waals surface area contributed by atoms with Crippen LogP contribution in [0.4, 0.5) is 10.7 Å². The van der Waals surface area contributed by atoms with E-state index in [-0.39, 0.29) is 18.0 Å². The van der Waals surface area contributed by atoms with Gasteiger partial charge in [0.15, 0.2) is 0 Å². The zero-order valence-corrected chi connectivity index (χ0v) is 16.2. The second kappa shape index (κ2) is 9.01. The number of piperazine rings is 1. The van der Waals surface area contributed by atoms with E-state index in [1.165, 1.54) is 19.3 Å². The molecule has 1 aliphatic carbocycles. The first-order valence-corrected chi connectivity index (χ1v) is 9.90. The molecule has 27 heavy (non-hydrogen) atoms. The molecule has 8 heteroatoms. The molecular weight excluding hydrogens is 346 g/mol. The van der Waals surface area contributed by atoms with Crippen LogP contribution in [0.2, 0.25) is 0 Å². The third-order valence-corrected chi connectivity index (χ3v) is 5.10. The van der Waals surface area contributed by atoms with Gasteiger partial charge >= 0.3 is 6.09 Å². The number of aryl methyl sites for hydroxylation is 1. The Morgan fingerprint density at radius 3 is 2.52 bits per heavy atom. The van der Waals surface area contributed by atoms with Gasteiger partial charge in [0.25, 0.3) is 5.91 Å². The molecule has 0 bridgehead atoms. The maximum atomic E-state index is 12.6. The van der Waals surface area contributed by atoms with Crippen molar-refractivity contribution in [2.75, 3.05) is 37.7 Å². The van der Waals surface area contributed by atoms with Crippen LogP contribution >= 0.6 is 0 Å². The smallest absolute Gasteiger partial charge is 0.409 e. The summed E-state index contributed by atoms with van der Waals surface area (Å²) in [5, 5.41) is 3.11. The minimum Gasteiger partial charge on any atom is -0.450 e. The number of carbonyl (C=O) groups is 2. The van der Waals surface area contributed by atoms with Gasteiger partial charge in [-0.1, -0.05) is 19.3 Å². The standard InChI is InChI=1S/C19H29N5O3/c1-3-27-19(26)24-11-9-23(10-12-24)18-20-14(2)13-16(22-18)17(25)21-15-7-5-4-6-8-15/h13,15H,3-12H2,1-2H3,(H,21,25). The monoisotopic (exact) mass is 375 g/mol. The zero-order valence-electron chi connectivity index (χ0n) is 16.2. The molecule has 1 aliphatic heterocycles. The topological polar surface area (TPSA) is 87.7 Å². The number of rotatable bonds is 4. The molecule has 2 aliphatic rings. The third-order valence-electron chi connectivity index (χ3n) is 5.10. The van der Waals surface area contributed by atoms with Crippen LogP contribution in [0.15, 0.2) is 6.07 Å². The van der Waals surface area contributed by atoms with Crippen LogP contribution < -0.4 is 10.2 Å². The first-order valence-electron chi connectivity index (χ1n) is 9.90. The van der Waals surface area contributed by atoms with Crippen molar-refractivity contribution in [1.82, 2.24) is 20.2 Å². The molecule has 1 N–H and O–H groups in total. The maximum Gasteiger partial charge on any atom is 0.409 e. The molecule has 8 nitrogen and oxygen atoms in total. The van der Waals surface area contributed by atoms with E-state index in [1.807, 2.05) is 11.8 Å². The number of aromatic nitrogens is 2. The van der Waals surface area contributed by atoms with Gasteiger partial charge in [-0.05, 0) is 32.8 Å². The molecule has 2 amide bonds. The summed E-state index contributed by atoms with van der Waals surface area (Å²) < 4.78 is 5.05. The lowest BCUT2D eigenvalue weighted by Crippen LogP contribution is -2.49. The molecule has 2 fully saturated rings. The second-order valence-corrected chi connectivity index (χ2v) is 7.18. The molecule has 0 radical (unpaired) electrons. The van der Waals surface area contributed by atoms with E-state index >= 15 is 0 Å². The van der Waals surface area contributed by atoms with Crippen molar-refractivity contribution in [3.8, 4) is 0 Å². The molecule has 0 atom stereocenters. The highest BCUT2D eigenvalue weighted by Crippen LogP contribution is 2.18. The molecule has 1 aromatic heterocycles. The molecule has 1 aromatic rings. The average molecular weight is 375 g/mol. The van der Waals surface area contributed by atoms with Gasteiger partial charge in [-0.2, -0.15) is 0 Å². The second-order valence-electron chi connectivity index (χ2n) is 7.18. The fourth-order valence-electron chi connectivity index (χ4n) is 3.62. The zero-order chi connectivity index (χ0) is 19.2. The predicted octanol–water partition coefficient (Wildman–Crippen LogP) is 2.13. The van der Waals surface area contributed by atoms with Crippen molar-refractivity contribution in [2.45, 2.75) is 52.0 Å². The number of carbonyl (C=O) groups excluding carboxylic acids is 2. The first-order chi connectivity index (χ1) is 13.1. The molecule has 2 heterocycles. The van der Waals surface area contributed by atoms with Gasteiger partial charge in [0.1, 0.15) is 5.69 Å². The SMILES string of the molecule is CCOC(=O)N1CCN(c2nc(C)cc(C(=O)NC3CCCCC3)n2)CC1. The van der Waals surface area contributed by atoms with Gasteiger partial charge in [0.05, 0.1) is 6.61 Å². The van der Waals surface area contributed by atoms with Gasteiger partial charge in [0.2, 0.25) is 5.95 Å². The van der Waals surface area contributed by atoms with E-state index in [4.69, 9.17) is 4.74 Å². The Hall–Kier alpha value is -2.38. The van der Waals surface area contributed by atoms with Gasteiger partial charge in [-0.3, -0.25) is 4.79 Å². The lowest BCUT2D eigenvalue weighted by atomic mass is 9.95. The quantitative estimate of drug-likeness (QED) is 0.867. The summed E-state index contributed by atoms with van der Waals surface area (Å²) in [6.45, 7) is 6.39. The molecule has 0 spiro atoms. The first kappa shape index (κ1) is 19.4. The molecule has 0 aromatic carbocycles. The summed E-state index contributed by atoms with van der Waals surface area (Å²) in [6, 6.07) is 1.98. The lowest BCUT2D eigenvalue weighted by Gasteiger charge is -2.34. The van der Waals surface area contributed by atoms with E-state index in [0.717, 1.165) is 18.5 Å². The lowest BCUT2D eigenvalue weighted by molar-refractivity contribution is 0.0922. The van der Waals surface area contributed by atoms with Crippen LogP contribution in [0.25, 0.3) is 0 Å². The molecular formula is C19H29N5O3. The van der Waals surface area contributed by atoms with E-state index in [9.17, 15) is 9.59 Å². The average Bonchev–Trinajstić information content (AvgIpc) is 2.68. The summed E-state index contributed by atoms with van der Waals surface area (Å²) in [7, 11) is 0. The fourth-order valence-corrected chi connectivity index (χ4v) is 3.62. The fraction of sp³-hybridized carbons (Fsp3) is 0.684. The molecule has 3 rings (SSSR count). The Labute approximate surface area is 160 Å². The highest BCUT2D eigenvalue weighted by atomic mass is 16.6. The Morgan fingerprint density at radius 2 is 1.85 bits per heavy atom. The largest absolute Gasteiger partial charge is 0.450 e. The predicted molar refractivity (Wildman–Crippen MR) is 102 cm³/mol. The van der Waals surface area contributed by atoms with E-state index in [2.05, 4.69) is 15.3 Å². The van der Waals surface area contributed by atoms with Crippen LogP contribution in [0.5, 0.6) is 0 Å². The molecule has 148 valence electrons. The Bertz CT molecular complexity index is 667. The third kappa shape index (κ3) is 5.08. The molecule has 0 unspecified atom stereocenters. The van der Waals surface area contributed by atoms with E-state index in [1.54, 1.807) is 17.9 Å². The number of nitrogens with zero attached hydrogens (tertiary/aromatic N) is 4. The van der Waals surface area contributed by atoms with Crippen molar-refractivity contribution in [3.05, 3.63) is 17.5 Å². The number of amides is 2. The molecule has 1 saturated heterocycles. The normalized spacial score (nSPS) is 18.3. The summed E-state index contributed by atoms with van der Waals surface area (Å²) >= 11 is 0. The van der Waals surface area contributed by atoms with Gasteiger partial charge < -0.3 is 19.9 Å². The summed E-state index contributed by atoms with van der Waals surface area (Å²) in [5.74, 6) is 0.422. The van der Waals surface area contributed by atoms with Crippen molar-refractivity contribution in [2.24, 2.45) is 0 Å². The number of anilines is 1. The van der Waals surface area contributed by atoms with Crippen LogP contribution in [0, 0.1) is 6.92 Å². The number of hydrogen-bond acceptors (Lipinski definition) is 6. The van der Waals surface area contributed by atoms with Crippen molar-refractivity contribution < 1.29 is 14.3 Å². The number of nitrogens with one attached hydrogen (secondary N) is 1. The van der Waals surface area contributed by atoms with Crippen molar-refractivity contribution >= 4 is 17.9 Å². The number of ether oxygens (including phenoxy) is 1. The maximum absolute atomic E-state index is 12.6. The minimum absolute atomic E-state index is 0.126. The van der Waals surface area contributed by atoms with Crippen LogP contribution in [-0.2, 0) is 4.74 Å². The minimum atomic E-state index is -0.283. The number of hydrogen-bond donors (Lipinski definition) is 1. The highest BCUT2D eigenvalue weighted by Gasteiger charge is 2.25. The van der Waals surface area contributed by atoms with Crippen LogP contribution in [0.3, 0.4) is 0 Å². The van der Waals surface area contributed by atoms with E-state index < -0.39 is 0 Å². The summed E-state index contributed by atoms with van der Waals surface area (Å²) in [4.78, 5) is 37.1. The van der Waals surface area contributed by atoms with Crippen molar-refractivity contribution in [3.63, 3.8) is 0 Å². The van der Waals surface area contributed by atoms with E-state index in [0.29, 0.717) is 44.4 Å². The highest BCUT2D eigenvalue weighted by molar-refractivity contribution is 5.92. The summed E-state index contributed by atoms with van der Waals surface area (Å²) in [5.41, 5.74) is 1.18. The van der Waals surface area contributed by atoms with Gasteiger partial charge in [-0.15, -0.1) is 0 Å². The van der Waals surface area contributed by atoms with Crippen LogP contribution in [-0.4, -0.2) is 65.7 Å². The Balaban J connectivity index is 1.63. The van der Waals surface area contributed by atoms with Crippen LogP contribution in [0.1, 0.15) is 55.2 Å². The molecule has 1 saturated carbocycles. The Morgan fingerprint density at radius 1 is 1.15 bits per heavy atom.